The molecule has 0 saturated heterocycles. The van der Waals surface area contributed by atoms with Gasteiger partial charge in [-0.3, -0.25) is 4.79 Å². The van der Waals surface area contributed by atoms with E-state index in [0.717, 1.165) is 22.8 Å². The van der Waals surface area contributed by atoms with Crippen LogP contribution in [0.5, 0.6) is 5.75 Å². The summed E-state index contributed by atoms with van der Waals surface area (Å²) in [5.41, 5.74) is 8.50. The Hall–Kier alpha value is -3.92. The molecule has 4 aromatic rings. The molecule has 35 heavy (non-hydrogen) atoms. The van der Waals surface area contributed by atoms with Gasteiger partial charge in [0.15, 0.2) is 11.5 Å². The lowest BCUT2D eigenvalue weighted by atomic mass is 10.1. The van der Waals surface area contributed by atoms with Gasteiger partial charge in [0.1, 0.15) is 17.0 Å². The summed E-state index contributed by atoms with van der Waals surface area (Å²) in [5, 5.41) is 0.338. The van der Waals surface area contributed by atoms with Gasteiger partial charge in [-0.2, -0.15) is 13.2 Å². The molecule has 0 bridgehead atoms. The number of halogens is 3. The van der Waals surface area contributed by atoms with Gasteiger partial charge >= 0.3 is 6.18 Å². The van der Waals surface area contributed by atoms with Crippen LogP contribution in [0.4, 0.5) is 13.2 Å². The fourth-order valence-corrected chi connectivity index (χ4v) is 4.29. The molecule has 0 spiro atoms. The number of nitrogens with zero attached hydrogens (tertiary/aromatic N) is 3. The number of hydrogen-bond donors (Lipinski definition) is 1. The first-order valence-corrected chi connectivity index (χ1v) is 10.8. The maximum absolute atomic E-state index is 13.3. The monoisotopic (exact) mass is 482 g/mol. The van der Waals surface area contributed by atoms with Gasteiger partial charge in [-0.15, -0.1) is 0 Å². The summed E-state index contributed by atoms with van der Waals surface area (Å²) >= 11 is 0. The molecule has 2 aromatic carbocycles. The summed E-state index contributed by atoms with van der Waals surface area (Å²) < 4.78 is 50.8. The van der Waals surface area contributed by atoms with Crippen LogP contribution in [0.1, 0.15) is 38.6 Å². The minimum Gasteiger partial charge on any atom is -0.494 e. The van der Waals surface area contributed by atoms with Crippen LogP contribution in [0.15, 0.2) is 46.9 Å². The van der Waals surface area contributed by atoms with E-state index in [-0.39, 0.29) is 41.1 Å². The van der Waals surface area contributed by atoms with Crippen molar-refractivity contribution < 1.29 is 27.1 Å². The summed E-state index contributed by atoms with van der Waals surface area (Å²) in [7, 11) is 1.35. The predicted molar refractivity (Wildman–Crippen MR) is 121 cm³/mol. The number of carbonyl (C=O) groups is 1. The third-order valence-electron chi connectivity index (χ3n) is 6.02. The molecule has 1 aliphatic heterocycles. The molecule has 0 radical (unpaired) electrons. The van der Waals surface area contributed by atoms with Crippen molar-refractivity contribution in [3.8, 4) is 17.2 Å². The molecule has 0 fully saturated rings. The van der Waals surface area contributed by atoms with Gasteiger partial charge in [-0.05, 0) is 42.3 Å². The first kappa shape index (κ1) is 22.9. The number of alkyl halides is 3. The Labute approximate surface area is 198 Å². The second kappa shape index (κ2) is 8.38. The first-order valence-electron chi connectivity index (χ1n) is 10.8. The van der Waals surface area contributed by atoms with Crippen LogP contribution in [0, 0.1) is 6.92 Å². The van der Waals surface area contributed by atoms with Gasteiger partial charge in [-0.25, -0.2) is 9.97 Å². The largest absolute Gasteiger partial charge is 0.494 e. The topological polar surface area (TPSA) is 94.5 Å². The number of benzene rings is 2. The Balaban J connectivity index is 1.55. The van der Waals surface area contributed by atoms with E-state index in [1.165, 1.54) is 19.2 Å². The summed E-state index contributed by atoms with van der Waals surface area (Å²) in [5.74, 6) is 0.100. The fraction of sp³-hybridized carbons (Fsp3) is 0.240. The van der Waals surface area contributed by atoms with E-state index in [2.05, 4.69) is 9.97 Å². The van der Waals surface area contributed by atoms with Crippen molar-refractivity contribution in [1.29, 1.82) is 0 Å². The van der Waals surface area contributed by atoms with Crippen molar-refractivity contribution in [2.45, 2.75) is 32.7 Å². The lowest BCUT2D eigenvalue weighted by Crippen LogP contribution is -2.26. The lowest BCUT2D eigenvalue weighted by Gasteiger charge is -2.14. The van der Waals surface area contributed by atoms with Crippen molar-refractivity contribution in [3.63, 3.8) is 0 Å². The number of ether oxygens (including phenoxy) is 1. The maximum atomic E-state index is 13.3. The molecule has 3 heterocycles. The Bertz CT molecular complexity index is 1460. The molecule has 0 saturated carbocycles. The number of hydrogen-bond acceptors (Lipinski definition) is 6. The van der Waals surface area contributed by atoms with E-state index in [4.69, 9.17) is 14.9 Å². The average Bonchev–Trinajstić information content (AvgIpc) is 3.46. The van der Waals surface area contributed by atoms with Crippen LogP contribution >= 0.6 is 0 Å². The highest BCUT2D eigenvalue weighted by atomic mass is 19.4. The number of oxazole rings is 1. The number of aromatic nitrogens is 2. The molecule has 0 aliphatic carbocycles. The number of pyridine rings is 1. The molecule has 0 atom stereocenters. The zero-order valence-electron chi connectivity index (χ0n) is 18.9. The van der Waals surface area contributed by atoms with Gasteiger partial charge in [0, 0.05) is 24.0 Å². The Morgan fingerprint density at radius 1 is 1.11 bits per heavy atom. The third kappa shape index (κ3) is 3.99. The van der Waals surface area contributed by atoms with Crippen molar-refractivity contribution >= 4 is 16.8 Å². The maximum Gasteiger partial charge on any atom is 0.433 e. The van der Waals surface area contributed by atoms with E-state index >= 15 is 0 Å². The molecular weight excluding hydrogens is 461 g/mol. The number of aryl methyl sites for hydroxylation is 1. The van der Waals surface area contributed by atoms with E-state index in [0.29, 0.717) is 24.0 Å². The van der Waals surface area contributed by atoms with Crippen LogP contribution in [-0.2, 0) is 25.8 Å². The zero-order chi connectivity index (χ0) is 24.9. The van der Waals surface area contributed by atoms with Crippen LogP contribution in [0.25, 0.3) is 22.4 Å². The summed E-state index contributed by atoms with van der Waals surface area (Å²) in [6.45, 7) is 2.80. The van der Waals surface area contributed by atoms with E-state index < -0.39 is 11.9 Å². The van der Waals surface area contributed by atoms with Crippen LogP contribution in [0.2, 0.25) is 0 Å². The Morgan fingerprint density at radius 2 is 1.89 bits per heavy atom. The molecule has 10 heteroatoms. The van der Waals surface area contributed by atoms with Gasteiger partial charge in [-0.1, -0.05) is 23.8 Å². The smallest absolute Gasteiger partial charge is 0.433 e. The van der Waals surface area contributed by atoms with Crippen LogP contribution in [0.3, 0.4) is 0 Å². The molecule has 5 rings (SSSR count). The van der Waals surface area contributed by atoms with E-state index in [1.54, 1.807) is 11.0 Å². The number of nitrogens with two attached hydrogens (primary N) is 1. The Kier molecular flexibility index (Phi) is 5.47. The second-order valence-electron chi connectivity index (χ2n) is 8.33. The minimum absolute atomic E-state index is 0.00515. The molecule has 1 aliphatic rings. The summed E-state index contributed by atoms with van der Waals surface area (Å²) in [6.07, 6.45) is -4.61. The Morgan fingerprint density at radius 3 is 2.60 bits per heavy atom. The van der Waals surface area contributed by atoms with Gasteiger partial charge < -0.3 is 19.8 Å². The summed E-state index contributed by atoms with van der Waals surface area (Å²) in [6, 6.07) is 11.3. The predicted octanol–water partition coefficient (Wildman–Crippen LogP) is 4.84. The normalized spacial score (nSPS) is 13.4. The quantitative estimate of drug-likeness (QED) is 0.447. The molecule has 2 N–H and O–H groups in total. The highest BCUT2D eigenvalue weighted by Gasteiger charge is 2.34. The van der Waals surface area contributed by atoms with Crippen molar-refractivity contribution in [2.24, 2.45) is 5.73 Å². The van der Waals surface area contributed by atoms with E-state index in [1.807, 2.05) is 25.1 Å². The number of amides is 1. The fourth-order valence-electron chi connectivity index (χ4n) is 4.29. The van der Waals surface area contributed by atoms with Crippen molar-refractivity contribution in [2.75, 3.05) is 7.11 Å². The highest BCUT2D eigenvalue weighted by molar-refractivity contribution is 5.98. The van der Waals surface area contributed by atoms with Gasteiger partial charge in [0.05, 0.1) is 13.7 Å². The van der Waals surface area contributed by atoms with Gasteiger partial charge in [0.2, 0.25) is 5.89 Å². The highest BCUT2D eigenvalue weighted by Crippen LogP contribution is 2.37. The second-order valence-corrected chi connectivity index (χ2v) is 8.33. The van der Waals surface area contributed by atoms with Gasteiger partial charge in [0.25, 0.3) is 5.91 Å². The number of methoxy groups -OCH3 is 1. The van der Waals surface area contributed by atoms with E-state index in [9.17, 15) is 18.0 Å². The van der Waals surface area contributed by atoms with Crippen molar-refractivity contribution in [3.05, 3.63) is 76.3 Å². The van der Waals surface area contributed by atoms with Crippen molar-refractivity contribution in [1.82, 2.24) is 14.9 Å². The standard InChI is InChI=1S/C25H21F3N4O3/c1-13-3-4-14-11-32(12-15(14)9-13)24(33)22-19(10-29)35-23(31-22)17-5-7-18(34-2)21-16(17)6-8-20(30-21)25(26,27)28/h3-9H,10-12,29H2,1-2H3. The number of fused-ring (bicyclic) bond motifs is 2. The first-order chi connectivity index (χ1) is 16.7. The van der Waals surface area contributed by atoms with Crippen LogP contribution in [-0.4, -0.2) is 27.9 Å². The van der Waals surface area contributed by atoms with Crippen LogP contribution < -0.4 is 10.5 Å². The zero-order valence-corrected chi connectivity index (χ0v) is 18.9. The molecule has 7 nitrogen and oxygen atoms in total. The molecule has 0 unspecified atom stereocenters. The molecule has 1 amide bonds. The number of rotatable bonds is 4. The third-order valence-corrected chi connectivity index (χ3v) is 6.02. The molecule has 2 aromatic heterocycles. The average molecular weight is 482 g/mol. The molecule has 180 valence electrons. The SMILES string of the molecule is COc1ccc(-c2nc(C(=O)N3Cc4ccc(C)cc4C3)c(CN)o2)c2ccc(C(F)(F)F)nc12. The minimum atomic E-state index is -4.61. The lowest BCUT2D eigenvalue weighted by molar-refractivity contribution is -0.140. The molecular formula is C25H21F3N4O3. The number of carbonyl (C=O) groups excluding carboxylic acids is 1. The summed E-state index contributed by atoms with van der Waals surface area (Å²) in [4.78, 5) is 23.2.